The van der Waals surface area contributed by atoms with Gasteiger partial charge in [0.25, 0.3) is 0 Å². The van der Waals surface area contributed by atoms with E-state index < -0.39 is 5.97 Å². The zero-order valence-corrected chi connectivity index (χ0v) is 7.16. The lowest BCUT2D eigenvalue weighted by Crippen LogP contribution is -2.32. The van der Waals surface area contributed by atoms with E-state index in [0.717, 1.165) is 6.42 Å². The highest BCUT2D eigenvalue weighted by molar-refractivity contribution is 5.70. The van der Waals surface area contributed by atoms with Gasteiger partial charge in [0.05, 0.1) is 25.2 Å². The van der Waals surface area contributed by atoms with Crippen LogP contribution in [-0.2, 0) is 14.3 Å². The molecule has 1 aliphatic heterocycles. The second-order valence-electron chi connectivity index (χ2n) is 3.02. The first-order chi connectivity index (χ1) is 5.74. The van der Waals surface area contributed by atoms with Gasteiger partial charge in [-0.15, -0.1) is 0 Å². The van der Waals surface area contributed by atoms with Crippen molar-refractivity contribution in [3.63, 3.8) is 0 Å². The lowest BCUT2D eigenvalue weighted by Gasteiger charge is -2.25. The van der Waals surface area contributed by atoms with Crippen molar-refractivity contribution in [1.82, 2.24) is 0 Å². The predicted molar refractivity (Wildman–Crippen MR) is 42.0 cm³/mol. The van der Waals surface area contributed by atoms with E-state index in [-0.39, 0.29) is 12.0 Å². The van der Waals surface area contributed by atoms with Crippen LogP contribution in [-0.4, -0.2) is 37.5 Å². The van der Waals surface area contributed by atoms with Crippen LogP contribution in [0.4, 0.5) is 0 Å². The minimum Gasteiger partial charge on any atom is -0.481 e. The summed E-state index contributed by atoms with van der Waals surface area (Å²) in [6.45, 7) is 0.885. The Morgan fingerprint density at radius 3 is 2.83 bits per heavy atom. The Bertz CT molecular complexity index is 149. The number of hydrogen-bond acceptors (Lipinski definition) is 3. The highest BCUT2D eigenvalue weighted by atomic mass is 16.5. The number of aliphatic carboxylic acids is 1. The maximum absolute atomic E-state index is 10.5. The fourth-order valence-electron chi connectivity index (χ4n) is 1.32. The molecule has 2 unspecified atom stereocenters. The topological polar surface area (TPSA) is 55.8 Å². The van der Waals surface area contributed by atoms with Crippen molar-refractivity contribution in [2.24, 2.45) is 5.92 Å². The van der Waals surface area contributed by atoms with Gasteiger partial charge in [0.15, 0.2) is 0 Å². The van der Waals surface area contributed by atoms with E-state index in [9.17, 15) is 4.79 Å². The SMILES string of the molecule is COCC1CCC(C(=O)O)CO1. The summed E-state index contributed by atoms with van der Waals surface area (Å²) in [5.74, 6) is -1.08. The molecule has 0 aromatic heterocycles. The fourth-order valence-corrected chi connectivity index (χ4v) is 1.32. The van der Waals surface area contributed by atoms with Crippen LogP contribution in [0, 0.1) is 5.92 Å². The third-order valence-electron chi connectivity index (χ3n) is 2.07. The van der Waals surface area contributed by atoms with E-state index in [2.05, 4.69) is 0 Å². The molecule has 4 heteroatoms. The van der Waals surface area contributed by atoms with Crippen molar-refractivity contribution in [2.75, 3.05) is 20.3 Å². The van der Waals surface area contributed by atoms with Gasteiger partial charge < -0.3 is 14.6 Å². The lowest BCUT2D eigenvalue weighted by atomic mass is 9.99. The fraction of sp³-hybridized carbons (Fsp3) is 0.875. The Morgan fingerprint density at radius 1 is 1.67 bits per heavy atom. The molecular formula is C8H14O4. The Hall–Kier alpha value is -0.610. The number of hydrogen-bond donors (Lipinski definition) is 1. The number of carboxylic acid groups (broad SMARTS) is 1. The van der Waals surface area contributed by atoms with Crippen LogP contribution >= 0.6 is 0 Å². The predicted octanol–water partition coefficient (Wildman–Crippen LogP) is 0.513. The van der Waals surface area contributed by atoms with E-state index in [4.69, 9.17) is 14.6 Å². The van der Waals surface area contributed by atoms with Crippen molar-refractivity contribution < 1.29 is 19.4 Å². The summed E-state index contributed by atoms with van der Waals surface area (Å²) in [7, 11) is 1.62. The van der Waals surface area contributed by atoms with E-state index in [1.165, 1.54) is 0 Å². The first-order valence-electron chi connectivity index (χ1n) is 4.07. The first kappa shape index (κ1) is 9.48. The van der Waals surface area contributed by atoms with Crippen LogP contribution in [0.25, 0.3) is 0 Å². The third-order valence-corrected chi connectivity index (χ3v) is 2.07. The summed E-state index contributed by atoms with van der Waals surface area (Å²) in [4.78, 5) is 10.5. The van der Waals surface area contributed by atoms with Gasteiger partial charge in [-0.05, 0) is 12.8 Å². The first-order valence-corrected chi connectivity index (χ1v) is 4.07. The third kappa shape index (κ3) is 2.46. The van der Waals surface area contributed by atoms with Crippen molar-refractivity contribution in [3.8, 4) is 0 Å². The van der Waals surface area contributed by atoms with Gasteiger partial charge in [0.2, 0.25) is 0 Å². The van der Waals surface area contributed by atoms with Gasteiger partial charge in [-0.2, -0.15) is 0 Å². The molecule has 1 fully saturated rings. The summed E-state index contributed by atoms with van der Waals surface area (Å²) < 4.78 is 10.2. The highest BCUT2D eigenvalue weighted by Crippen LogP contribution is 2.18. The minimum absolute atomic E-state index is 0.0885. The smallest absolute Gasteiger partial charge is 0.308 e. The summed E-state index contributed by atoms with van der Waals surface area (Å²) >= 11 is 0. The molecule has 1 aliphatic rings. The van der Waals surface area contributed by atoms with Crippen molar-refractivity contribution in [3.05, 3.63) is 0 Å². The maximum atomic E-state index is 10.5. The molecular weight excluding hydrogens is 160 g/mol. The molecule has 0 aliphatic carbocycles. The summed E-state index contributed by atoms with van der Waals surface area (Å²) in [6.07, 6.45) is 1.57. The molecule has 0 aromatic rings. The monoisotopic (exact) mass is 174 g/mol. The van der Waals surface area contributed by atoms with Gasteiger partial charge in [-0.25, -0.2) is 0 Å². The molecule has 0 bridgehead atoms. The van der Waals surface area contributed by atoms with Crippen LogP contribution in [0.15, 0.2) is 0 Å². The van der Waals surface area contributed by atoms with Crippen molar-refractivity contribution in [1.29, 1.82) is 0 Å². The standard InChI is InChI=1S/C8H14O4/c1-11-5-7-3-2-6(4-12-7)8(9)10/h6-7H,2-5H2,1H3,(H,9,10). The van der Waals surface area contributed by atoms with Gasteiger partial charge in [0.1, 0.15) is 0 Å². The molecule has 2 atom stereocenters. The van der Waals surface area contributed by atoms with E-state index in [1.807, 2.05) is 0 Å². The van der Waals surface area contributed by atoms with Crippen LogP contribution in [0.2, 0.25) is 0 Å². The van der Waals surface area contributed by atoms with Crippen LogP contribution in [0.3, 0.4) is 0 Å². The molecule has 0 spiro atoms. The van der Waals surface area contributed by atoms with E-state index in [0.29, 0.717) is 19.6 Å². The normalized spacial score (nSPS) is 30.1. The second kappa shape index (κ2) is 4.42. The van der Waals surface area contributed by atoms with Gasteiger partial charge in [-0.1, -0.05) is 0 Å². The summed E-state index contributed by atoms with van der Waals surface area (Å²) in [5.41, 5.74) is 0. The number of ether oxygens (including phenoxy) is 2. The molecule has 4 nitrogen and oxygen atoms in total. The average molecular weight is 174 g/mol. The Labute approximate surface area is 71.5 Å². The molecule has 12 heavy (non-hydrogen) atoms. The zero-order chi connectivity index (χ0) is 8.97. The number of carboxylic acids is 1. The summed E-state index contributed by atoms with van der Waals surface area (Å²) in [5, 5.41) is 8.64. The number of rotatable bonds is 3. The molecule has 0 amide bonds. The number of methoxy groups -OCH3 is 1. The molecule has 70 valence electrons. The molecule has 1 N–H and O–H groups in total. The van der Waals surface area contributed by atoms with E-state index >= 15 is 0 Å². The summed E-state index contributed by atoms with van der Waals surface area (Å²) in [6, 6.07) is 0. The zero-order valence-electron chi connectivity index (χ0n) is 7.16. The minimum atomic E-state index is -0.758. The Morgan fingerprint density at radius 2 is 2.42 bits per heavy atom. The lowest BCUT2D eigenvalue weighted by molar-refractivity contribution is -0.149. The molecule has 1 saturated heterocycles. The van der Waals surface area contributed by atoms with Gasteiger partial charge in [0, 0.05) is 7.11 Å². The average Bonchev–Trinajstić information content (AvgIpc) is 2.06. The maximum Gasteiger partial charge on any atom is 0.308 e. The molecule has 1 rings (SSSR count). The second-order valence-corrected chi connectivity index (χ2v) is 3.02. The quantitative estimate of drug-likeness (QED) is 0.677. The van der Waals surface area contributed by atoms with Gasteiger partial charge >= 0.3 is 5.97 Å². The highest BCUT2D eigenvalue weighted by Gasteiger charge is 2.26. The van der Waals surface area contributed by atoms with Crippen molar-refractivity contribution in [2.45, 2.75) is 18.9 Å². The molecule has 0 aromatic carbocycles. The van der Waals surface area contributed by atoms with E-state index in [1.54, 1.807) is 7.11 Å². The molecule has 1 heterocycles. The van der Waals surface area contributed by atoms with Crippen LogP contribution in [0.1, 0.15) is 12.8 Å². The van der Waals surface area contributed by atoms with Crippen LogP contribution in [0.5, 0.6) is 0 Å². The van der Waals surface area contributed by atoms with Crippen LogP contribution < -0.4 is 0 Å². The Kier molecular flexibility index (Phi) is 3.49. The molecule has 0 radical (unpaired) electrons. The van der Waals surface area contributed by atoms with Gasteiger partial charge in [-0.3, -0.25) is 4.79 Å². The largest absolute Gasteiger partial charge is 0.481 e. The number of carbonyl (C=O) groups is 1. The Balaban J connectivity index is 2.25. The molecule has 0 saturated carbocycles. The van der Waals surface area contributed by atoms with Crippen molar-refractivity contribution >= 4 is 5.97 Å².